The number of rotatable bonds is 3. The van der Waals surface area contributed by atoms with Crippen LogP contribution in [0.1, 0.15) is 18.6 Å². The number of halogens is 1. The summed E-state index contributed by atoms with van der Waals surface area (Å²) in [5, 5.41) is 18.3. The maximum atomic E-state index is 9.10. The summed E-state index contributed by atoms with van der Waals surface area (Å²) in [7, 11) is 3.31. The Morgan fingerprint density at radius 2 is 1.43 bits per heavy atom. The Labute approximate surface area is 248 Å². The average molecular weight is 632 g/mol. The quantitative estimate of drug-likeness (QED) is 0.194. The number of fused-ring (bicyclic) bond motifs is 2. The van der Waals surface area contributed by atoms with E-state index in [4.69, 9.17) is 20.0 Å². The summed E-state index contributed by atoms with van der Waals surface area (Å²) >= 11 is 6.36. The second-order valence-corrected chi connectivity index (χ2v) is 10.3. The van der Waals surface area contributed by atoms with Gasteiger partial charge in [0, 0.05) is 34.8 Å². The van der Waals surface area contributed by atoms with Gasteiger partial charge in [-0.3, -0.25) is 9.97 Å². The number of ether oxygens (including phenoxy) is 2. The summed E-state index contributed by atoms with van der Waals surface area (Å²) in [4.78, 5) is 16.4. The fourth-order valence-corrected chi connectivity index (χ4v) is 5.29. The zero-order valence-corrected chi connectivity index (χ0v) is 23.9. The van der Waals surface area contributed by atoms with Crippen molar-refractivity contribution < 1.29 is 9.47 Å². The molecular weight excluding hydrogens is 608 g/mol. The first kappa shape index (κ1) is 30.1. The normalized spacial score (nSPS) is 9.62. The molecular formula is C29H23BrN6O2S2. The Bertz CT molecular complexity index is 1810. The summed E-state index contributed by atoms with van der Waals surface area (Å²) in [5.41, 5.74) is 5.70. The lowest BCUT2D eigenvalue weighted by Gasteiger charge is -1.96. The molecule has 0 atom stereocenters. The van der Waals surface area contributed by atoms with Crippen LogP contribution in [0.3, 0.4) is 0 Å². The molecule has 0 aliphatic carbocycles. The first-order chi connectivity index (χ1) is 19.1. The van der Waals surface area contributed by atoms with Crippen LogP contribution < -0.4 is 9.47 Å². The molecule has 200 valence electrons. The number of methoxy groups -OCH3 is 2. The monoisotopic (exact) mass is 630 g/mol. The number of nitrogens with zero attached hydrogens (tertiary/aromatic N) is 6. The second-order valence-electron chi connectivity index (χ2n) is 7.54. The first-order valence-electron chi connectivity index (χ1n) is 11.2. The van der Waals surface area contributed by atoms with Gasteiger partial charge in [0.05, 0.1) is 51.3 Å². The van der Waals surface area contributed by atoms with Crippen LogP contribution in [-0.4, -0.2) is 34.2 Å². The van der Waals surface area contributed by atoms with Gasteiger partial charge in [0.2, 0.25) is 0 Å². The molecule has 0 radical (unpaired) electrons. The van der Waals surface area contributed by atoms with E-state index >= 15 is 0 Å². The van der Waals surface area contributed by atoms with Crippen molar-refractivity contribution in [3.8, 4) is 34.2 Å². The minimum absolute atomic E-state index is 0. The van der Waals surface area contributed by atoms with E-state index in [1.165, 1.54) is 22.2 Å². The van der Waals surface area contributed by atoms with Gasteiger partial charge in [0.25, 0.3) is 0 Å². The van der Waals surface area contributed by atoms with E-state index in [0.29, 0.717) is 11.1 Å². The molecule has 0 amide bonds. The minimum atomic E-state index is 0. The molecule has 0 bridgehead atoms. The van der Waals surface area contributed by atoms with Crippen molar-refractivity contribution >= 4 is 59.0 Å². The van der Waals surface area contributed by atoms with Crippen LogP contribution >= 0.6 is 38.6 Å². The predicted molar refractivity (Wildman–Crippen MR) is 164 cm³/mol. The summed E-state index contributed by atoms with van der Waals surface area (Å²) in [6.07, 6.45) is 6.37. The van der Waals surface area contributed by atoms with Crippen molar-refractivity contribution in [1.29, 1.82) is 10.5 Å². The zero-order valence-electron chi connectivity index (χ0n) is 20.7. The van der Waals surface area contributed by atoms with E-state index in [2.05, 4.69) is 41.9 Å². The van der Waals surface area contributed by atoms with Crippen molar-refractivity contribution in [3.63, 3.8) is 0 Å². The number of pyridine rings is 2. The van der Waals surface area contributed by atoms with Crippen molar-refractivity contribution in [2.24, 2.45) is 0 Å². The number of hydrogen-bond donors (Lipinski definition) is 0. The number of hydrogen-bond acceptors (Lipinski definition) is 10. The van der Waals surface area contributed by atoms with Crippen LogP contribution in [0.4, 0.5) is 0 Å². The van der Waals surface area contributed by atoms with Gasteiger partial charge in [-0.25, -0.2) is 9.97 Å². The van der Waals surface area contributed by atoms with E-state index in [-0.39, 0.29) is 7.43 Å². The molecule has 40 heavy (non-hydrogen) atoms. The molecule has 0 spiro atoms. The van der Waals surface area contributed by atoms with E-state index < -0.39 is 0 Å². The van der Waals surface area contributed by atoms with Gasteiger partial charge < -0.3 is 9.47 Å². The van der Waals surface area contributed by atoms with Crippen LogP contribution in [0.5, 0.6) is 11.5 Å². The molecule has 4 heterocycles. The lowest BCUT2D eigenvalue weighted by Crippen LogP contribution is -1.84. The highest BCUT2D eigenvalue weighted by molar-refractivity contribution is 9.10. The minimum Gasteiger partial charge on any atom is -0.497 e. The standard InChI is InChI=1S/C14H9N3OS.C8H7NOS.C6H3BrN2.CH4/c1-18-10-2-3-12-13(6-10)19-14(17-12)11-4-5-16-8-9(11)7-15;1-10-6-2-3-7-8(4-6)11-5-9-7;7-6-1-2-9-4-5(6)3-8;/h2-6,8H,1H3;2-5H,1H3;1-2,4H;1H4. The highest BCUT2D eigenvalue weighted by Crippen LogP contribution is 2.33. The lowest BCUT2D eigenvalue weighted by molar-refractivity contribution is 0.415. The molecule has 0 aliphatic heterocycles. The van der Waals surface area contributed by atoms with Crippen LogP contribution in [0.15, 0.2) is 83.3 Å². The summed E-state index contributed by atoms with van der Waals surface area (Å²) < 4.78 is 13.3. The van der Waals surface area contributed by atoms with Crippen molar-refractivity contribution in [1.82, 2.24) is 19.9 Å². The number of aromatic nitrogens is 4. The molecule has 4 aromatic heterocycles. The second kappa shape index (κ2) is 14.7. The van der Waals surface area contributed by atoms with Crippen LogP contribution in [0, 0.1) is 22.7 Å². The van der Waals surface area contributed by atoms with Crippen LogP contribution in [0.25, 0.3) is 31.0 Å². The third-order valence-corrected chi connectivity index (χ3v) is 7.73. The van der Waals surface area contributed by atoms with Gasteiger partial charge in [-0.15, -0.1) is 22.7 Å². The SMILES string of the molecule is C.COc1ccc2nc(-c3ccncc3C#N)sc2c1.COc1ccc2ncsc2c1.N#Cc1cnccc1Br. The molecule has 2 aromatic carbocycles. The van der Waals surface area contributed by atoms with Gasteiger partial charge in [0.1, 0.15) is 28.6 Å². The van der Waals surface area contributed by atoms with Gasteiger partial charge in [-0.2, -0.15) is 10.5 Å². The fourth-order valence-electron chi connectivity index (χ4n) is 3.24. The molecule has 0 fully saturated rings. The van der Waals surface area contributed by atoms with E-state index in [1.54, 1.807) is 50.2 Å². The smallest absolute Gasteiger partial charge is 0.126 e. The Morgan fingerprint density at radius 1 is 0.800 bits per heavy atom. The van der Waals surface area contributed by atoms with Gasteiger partial charge in [-0.1, -0.05) is 7.43 Å². The molecule has 0 unspecified atom stereocenters. The summed E-state index contributed by atoms with van der Waals surface area (Å²) in [6, 6.07) is 19.3. The van der Waals surface area contributed by atoms with Gasteiger partial charge in [-0.05, 0) is 64.5 Å². The van der Waals surface area contributed by atoms with Crippen molar-refractivity contribution in [2.45, 2.75) is 7.43 Å². The molecule has 11 heteroatoms. The highest BCUT2D eigenvalue weighted by Gasteiger charge is 2.11. The molecule has 0 saturated carbocycles. The number of benzene rings is 2. The maximum Gasteiger partial charge on any atom is 0.126 e. The first-order valence-corrected chi connectivity index (χ1v) is 13.7. The zero-order chi connectivity index (χ0) is 27.6. The largest absolute Gasteiger partial charge is 0.497 e. The molecule has 0 aliphatic rings. The fraction of sp³-hybridized carbons (Fsp3) is 0.103. The summed E-state index contributed by atoms with van der Waals surface area (Å²) in [6.45, 7) is 0. The number of thiazole rings is 2. The topological polar surface area (TPSA) is 118 Å². The van der Waals surface area contributed by atoms with E-state index in [0.717, 1.165) is 42.3 Å². The van der Waals surface area contributed by atoms with Crippen LogP contribution in [0.2, 0.25) is 0 Å². The third kappa shape index (κ3) is 7.36. The predicted octanol–water partition coefficient (Wildman–Crippen LogP) is 7.90. The Hall–Kier alpha value is -4.42. The Kier molecular flexibility index (Phi) is 11.0. The van der Waals surface area contributed by atoms with Gasteiger partial charge in [0.15, 0.2) is 0 Å². The summed E-state index contributed by atoms with van der Waals surface area (Å²) in [5.74, 6) is 1.69. The Morgan fingerprint density at radius 3 is 2.05 bits per heavy atom. The molecule has 6 rings (SSSR count). The van der Waals surface area contributed by atoms with Crippen molar-refractivity contribution in [2.75, 3.05) is 14.2 Å². The van der Waals surface area contributed by atoms with Crippen molar-refractivity contribution in [3.05, 3.63) is 94.4 Å². The Balaban J connectivity index is 0.000000179. The highest BCUT2D eigenvalue weighted by atomic mass is 79.9. The number of nitriles is 2. The lowest BCUT2D eigenvalue weighted by atomic mass is 10.2. The maximum absolute atomic E-state index is 9.10. The molecule has 0 saturated heterocycles. The molecule has 8 nitrogen and oxygen atoms in total. The molecule has 6 aromatic rings. The van der Waals surface area contributed by atoms with E-state index in [9.17, 15) is 0 Å². The average Bonchev–Trinajstić information content (AvgIpc) is 3.64. The van der Waals surface area contributed by atoms with E-state index in [1.807, 2.05) is 54.0 Å². The third-order valence-electron chi connectivity index (χ3n) is 5.19. The van der Waals surface area contributed by atoms with Gasteiger partial charge >= 0.3 is 0 Å². The molecule has 0 N–H and O–H groups in total. The van der Waals surface area contributed by atoms with Crippen LogP contribution in [-0.2, 0) is 0 Å².